The van der Waals surface area contributed by atoms with Crippen LogP contribution in [0.3, 0.4) is 0 Å². The zero-order chi connectivity index (χ0) is 15.7. The van der Waals surface area contributed by atoms with Gasteiger partial charge in [0.2, 0.25) is 0 Å². The summed E-state index contributed by atoms with van der Waals surface area (Å²) in [5.74, 6) is 2.68. The third-order valence-electron chi connectivity index (χ3n) is 4.68. The predicted molar refractivity (Wildman–Crippen MR) is 88.1 cm³/mol. The number of rotatable bonds is 2. The van der Waals surface area contributed by atoms with Gasteiger partial charge in [0.1, 0.15) is 18.0 Å². The maximum absolute atomic E-state index is 11.8. The molecule has 2 aliphatic rings. The van der Waals surface area contributed by atoms with E-state index in [0.29, 0.717) is 19.0 Å². The SMILES string of the molecule is CC1CCCN(c2cc(N3CCS(=O)(=O)C(C)C3)ncn2)C1. The molecular formula is C15H24N4O2S. The molecule has 122 valence electrons. The monoisotopic (exact) mass is 324 g/mol. The van der Waals surface area contributed by atoms with E-state index in [0.717, 1.165) is 24.7 Å². The molecule has 1 aromatic rings. The maximum atomic E-state index is 11.8. The highest BCUT2D eigenvalue weighted by atomic mass is 32.2. The summed E-state index contributed by atoms with van der Waals surface area (Å²) in [6.07, 6.45) is 4.06. The Morgan fingerprint density at radius 2 is 1.77 bits per heavy atom. The second-order valence-corrected chi connectivity index (χ2v) is 9.09. The van der Waals surface area contributed by atoms with E-state index >= 15 is 0 Å². The summed E-state index contributed by atoms with van der Waals surface area (Å²) in [4.78, 5) is 13.1. The van der Waals surface area contributed by atoms with Crippen molar-refractivity contribution in [2.45, 2.75) is 31.9 Å². The fourth-order valence-electron chi connectivity index (χ4n) is 3.24. The van der Waals surface area contributed by atoms with Crippen LogP contribution in [0, 0.1) is 5.92 Å². The van der Waals surface area contributed by atoms with E-state index in [1.807, 2.05) is 6.07 Å². The number of aromatic nitrogens is 2. The molecule has 7 heteroatoms. The van der Waals surface area contributed by atoms with Crippen molar-refractivity contribution in [2.75, 3.05) is 41.7 Å². The number of sulfone groups is 1. The lowest BCUT2D eigenvalue weighted by Gasteiger charge is -2.34. The van der Waals surface area contributed by atoms with Gasteiger partial charge < -0.3 is 9.80 Å². The first kappa shape index (κ1) is 15.5. The Hall–Kier alpha value is -1.37. The van der Waals surface area contributed by atoms with Crippen LogP contribution >= 0.6 is 0 Å². The summed E-state index contributed by atoms with van der Waals surface area (Å²) in [6.45, 7) is 7.13. The molecule has 2 atom stereocenters. The van der Waals surface area contributed by atoms with Gasteiger partial charge in [-0.25, -0.2) is 18.4 Å². The smallest absolute Gasteiger partial charge is 0.156 e. The first-order valence-electron chi connectivity index (χ1n) is 7.99. The minimum Gasteiger partial charge on any atom is -0.356 e. The van der Waals surface area contributed by atoms with Crippen LogP contribution in [0.1, 0.15) is 26.7 Å². The lowest BCUT2D eigenvalue weighted by molar-refractivity contribution is 0.444. The first-order valence-corrected chi connectivity index (χ1v) is 9.71. The fourth-order valence-corrected chi connectivity index (χ4v) is 4.53. The molecule has 2 unspecified atom stereocenters. The van der Waals surface area contributed by atoms with Crippen molar-refractivity contribution < 1.29 is 8.42 Å². The van der Waals surface area contributed by atoms with Gasteiger partial charge in [0.05, 0.1) is 11.0 Å². The topological polar surface area (TPSA) is 66.4 Å². The van der Waals surface area contributed by atoms with Crippen molar-refractivity contribution in [2.24, 2.45) is 5.92 Å². The molecule has 0 saturated carbocycles. The van der Waals surface area contributed by atoms with Gasteiger partial charge in [-0.3, -0.25) is 0 Å². The Labute approximate surface area is 132 Å². The first-order chi connectivity index (χ1) is 10.5. The number of piperidine rings is 1. The van der Waals surface area contributed by atoms with Crippen LogP contribution in [0.25, 0.3) is 0 Å². The second kappa shape index (κ2) is 6.02. The van der Waals surface area contributed by atoms with E-state index in [9.17, 15) is 8.42 Å². The third kappa shape index (κ3) is 3.19. The number of anilines is 2. The van der Waals surface area contributed by atoms with Crippen LogP contribution in [0.5, 0.6) is 0 Å². The second-order valence-electron chi connectivity index (χ2n) is 6.55. The Kier molecular flexibility index (Phi) is 4.25. The molecular weight excluding hydrogens is 300 g/mol. The molecule has 0 bridgehead atoms. The molecule has 0 aliphatic carbocycles. The van der Waals surface area contributed by atoms with Gasteiger partial charge in [0, 0.05) is 32.2 Å². The summed E-state index contributed by atoms with van der Waals surface area (Å²) in [7, 11) is -2.94. The molecule has 22 heavy (non-hydrogen) atoms. The van der Waals surface area contributed by atoms with Crippen molar-refractivity contribution in [3.63, 3.8) is 0 Å². The van der Waals surface area contributed by atoms with Gasteiger partial charge >= 0.3 is 0 Å². The maximum Gasteiger partial charge on any atom is 0.156 e. The highest BCUT2D eigenvalue weighted by molar-refractivity contribution is 7.92. The van der Waals surface area contributed by atoms with Crippen molar-refractivity contribution in [3.05, 3.63) is 12.4 Å². The lowest BCUT2D eigenvalue weighted by atomic mass is 10.0. The fraction of sp³-hybridized carbons (Fsp3) is 0.733. The van der Waals surface area contributed by atoms with Crippen molar-refractivity contribution in [3.8, 4) is 0 Å². The van der Waals surface area contributed by atoms with E-state index in [1.54, 1.807) is 13.3 Å². The third-order valence-corrected chi connectivity index (χ3v) is 6.81. The van der Waals surface area contributed by atoms with Crippen molar-refractivity contribution in [1.82, 2.24) is 9.97 Å². The lowest BCUT2D eigenvalue weighted by Crippen LogP contribution is -2.46. The zero-order valence-corrected chi connectivity index (χ0v) is 14.1. The summed E-state index contributed by atoms with van der Waals surface area (Å²) < 4.78 is 23.7. The molecule has 0 radical (unpaired) electrons. The van der Waals surface area contributed by atoms with Crippen molar-refractivity contribution in [1.29, 1.82) is 0 Å². The van der Waals surface area contributed by atoms with E-state index in [-0.39, 0.29) is 11.0 Å². The van der Waals surface area contributed by atoms with Crippen LogP contribution in [0.15, 0.2) is 12.4 Å². The largest absolute Gasteiger partial charge is 0.356 e. The van der Waals surface area contributed by atoms with Crippen LogP contribution in [-0.4, -0.2) is 55.6 Å². The minimum absolute atomic E-state index is 0.203. The molecule has 2 fully saturated rings. The van der Waals surface area contributed by atoms with Gasteiger partial charge in [0.15, 0.2) is 9.84 Å². The highest BCUT2D eigenvalue weighted by Crippen LogP contribution is 2.25. The molecule has 3 rings (SSSR count). The number of hydrogen-bond acceptors (Lipinski definition) is 6. The molecule has 0 amide bonds. The summed E-state index contributed by atoms with van der Waals surface area (Å²) in [5, 5.41) is -0.338. The Balaban J connectivity index is 1.77. The van der Waals surface area contributed by atoms with Crippen LogP contribution in [-0.2, 0) is 9.84 Å². The molecule has 2 aliphatic heterocycles. The van der Waals surface area contributed by atoms with Gasteiger partial charge in [-0.05, 0) is 25.7 Å². The van der Waals surface area contributed by atoms with Gasteiger partial charge in [-0.1, -0.05) is 6.92 Å². The normalized spacial score (nSPS) is 28.6. The predicted octanol–water partition coefficient (Wildman–Crippen LogP) is 1.34. The Morgan fingerprint density at radius 3 is 2.41 bits per heavy atom. The van der Waals surface area contributed by atoms with Crippen LogP contribution in [0.2, 0.25) is 0 Å². The standard InChI is InChI=1S/C15H24N4O2S/c1-12-4-3-5-18(9-12)14-8-15(17-11-16-14)19-6-7-22(20,21)13(2)10-19/h8,11-13H,3-7,9-10H2,1-2H3. The van der Waals surface area contributed by atoms with Gasteiger partial charge in [-0.15, -0.1) is 0 Å². The van der Waals surface area contributed by atoms with E-state index < -0.39 is 9.84 Å². The molecule has 6 nitrogen and oxygen atoms in total. The van der Waals surface area contributed by atoms with Gasteiger partial charge in [-0.2, -0.15) is 0 Å². The Morgan fingerprint density at radius 1 is 1.09 bits per heavy atom. The summed E-state index contributed by atoms with van der Waals surface area (Å²) in [6, 6.07) is 2.00. The van der Waals surface area contributed by atoms with Crippen LogP contribution < -0.4 is 9.80 Å². The van der Waals surface area contributed by atoms with E-state index in [2.05, 4.69) is 26.7 Å². The van der Waals surface area contributed by atoms with Crippen LogP contribution in [0.4, 0.5) is 11.6 Å². The zero-order valence-electron chi connectivity index (χ0n) is 13.3. The molecule has 1 aromatic heterocycles. The summed E-state index contributed by atoms with van der Waals surface area (Å²) >= 11 is 0. The minimum atomic E-state index is -2.94. The molecule has 3 heterocycles. The summed E-state index contributed by atoms with van der Waals surface area (Å²) in [5.41, 5.74) is 0. The molecule has 0 N–H and O–H groups in total. The van der Waals surface area contributed by atoms with E-state index in [4.69, 9.17) is 0 Å². The Bertz CT molecular complexity index is 634. The molecule has 0 spiro atoms. The number of hydrogen-bond donors (Lipinski definition) is 0. The molecule has 0 aromatic carbocycles. The van der Waals surface area contributed by atoms with Gasteiger partial charge in [0.25, 0.3) is 0 Å². The van der Waals surface area contributed by atoms with E-state index in [1.165, 1.54) is 12.8 Å². The molecule has 2 saturated heterocycles. The van der Waals surface area contributed by atoms with Crippen molar-refractivity contribution >= 4 is 21.5 Å². The average Bonchev–Trinajstić information content (AvgIpc) is 2.50. The quantitative estimate of drug-likeness (QED) is 0.818. The highest BCUT2D eigenvalue weighted by Gasteiger charge is 2.30. The average molecular weight is 324 g/mol. The number of nitrogens with zero attached hydrogens (tertiary/aromatic N) is 4.